The van der Waals surface area contributed by atoms with Crippen molar-refractivity contribution in [1.82, 2.24) is 0 Å². The summed E-state index contributed by atoms with van der Waals surface area (Å²) in [5.74, 6) is -49.7. The number of carboxylic acids is 3. The molecular weight excluding hydrogens is 1090 g/mol. The minimum atomic E-state index is -6.54. The molecule has 3 N–H and O–H groups in total. The second-order valence-corrected chi connectivity index (χ2v) is 15.0. The SMILES string of the molecule is CC1(C(=O)O)CCC(C(F)(F)C(F)(F)C(F)(F)F)/C1=C/O.CC1(C(=O)O)CCC(C(F)(F)C(F)(F)C(F)(F)F)/C1=C/[O-].CC1(C(=O)[O-])CCC(C(F)(F)C(F)(F)C(F)(F)F)/C1=C\[O-].[Eu+3]. The van der Waals surface area contributed by atoms with Gasteiger partial charge >= 0.3 is 115 Å². The molecule has 6 atom stereocenters. The number of carbonyl (C=O) groups excluding carboxylic acids is 1. The van der Waals surface area contributed by atoms with Gasteiger partial charge in [-0.15, -0.1) is 12.5 Å². The number of alkyl halides is 21. The second-order valence-electron chi connectivity index (χ2n) is 15.0. The molecule has 3 aliphatic rings. The van der Waals surface area contributed by atoms with Gasteiger partial charge in [-0.2, -0.15) is 92.2 Å². The van der Waals surface area contributed by atoms with Crippen LogP contribution in [0.3, 0.4) is 0 Å². The largest absolute Gasteiger partial charge is 3.00 e. The van der Waals surface area contributed by atoms with Crippen LogP contribution in [-0.2, 0) is 14.4 Å². The van der Waals surface area contributed by atoms with E-state index < -0.39 is 167 Å². The molecule has 0 aliphatic heterocycles. The summed E-state index contributed by atoms with van der Waals surface area (Å²) in [5.41, 5.74) is -10.0. The first-order chi connectivity index (χ1) is 27.7. The summed E-state index contributed by atoms with van der Waals surface area (Å²) in [7, 11) is 0. The van der Waals surface area contributed by atoms with E-state index in [1.165, 1.54) is 0 Å². The summed E-state index contributed by atoms with van der Waals surface area (Å²) in [6.07, 6.45) is -25.3. The fourth-order valence-electron chi connectivity index (χ4n) is 7.04. The van der Waals surface area contributed by atoms with Gasteiger partial charge in [0.05, 0.1) is 40.8 Å². The average Bonchev–Trinajstić information content (AvgIpc) is 3.79. The zero-order valence-corrected chi connectivity index (χ0v) is 34.2. The number of carboxylic acid groups (broad SMARTS) is 3. The molecule has 3 fully saturated rings. The van der Waals surface area contributed by atoms with Crippen LogP contribution in [0.4, 0.5) is 92.2 Å². The van der Waals surface area contributed by atoms with Gasteiger partial charge in [0.25, 0.3) is 0 Å². The van der Waals surface area contributed by atoms with Crippen LogP contribution < -0.4 is 15.3 Å². The van der Waals surface area contributed by atoms with Gasteiger partial charge < -0.3 is 35.4 Å². The first-order valence-corrected chi connectivity index (χ1v) is 16.8. The van der Waals surface area contributed by atoms with E-state index in [0.29, 0.717) is 0 Å². The van der Waals surface area contributed by atoms with Crippen LogP contribution in [-0.4, -0.2) is 87.3 Å². The first kappa shape index (κ1) is 61.1. The predicted molar refractivity (Wildman–Crippen MR) is 157 cm³/mol. The molecule has 0 amide bonds. The van der Waals surface area contributed by atoms with E-state index in [1.807, 2.05) is 0 Å². The normalized spacial score (nSPS) is 29.4. The predicted octanol–water partition coefficient (Wildman–Crippen LogP) is 7.56. The summed E-state index contributed by atoms with van der Waals surface area (Å²) in [6.45, 7) is 2.48. The minimum Gasteiger partial charge on any atom is -0.878 e. The van der Waals surface area contributed by atoms with Crippen molar-refractivity contribution in [2.45, 2.75) is 113 Å². The summed E-state index contributed by atoms with van der Waals surface area (Å²) in [5, 5.41) is 59.1. The topological polar surface area (TPSA) is 181 Å². The molecule has 370 valence electrons. The van der Waals surface area contributed by atoms with Crippen molar-refractivity contribution >= 4 is 17.9 Å². The van der Waals surface area contributed by atoms with Crippen LogP contribution in [0.2, 0.25) is 0 Å². The molecule has 64 heavy (non-hydrogen) atoms. The molecule has 3 aliphatic carbocycles. The molecule has 3 saturated carbocycles. The Morgan fingerprint density at radius 3 is 0.922 bits per heavy atom. The van der Waals surface area contributed by atoms with Crippen molar-refractivity contribution in [1.29, 1.82) is 0 Å². The van der Waals surface area contributed by atoms with Gasteiger partial charge in [0.1, 0.15) is 0 Å². The van der Waals surface area contributed by atoms with Crippen LogP contribution in [0.15, 0.2) is 35.5 Å². The van der Waals surface area contributed by atoms with Crippen molar-refractivity contribution in [2.24, 2.45) is 34.0 Å². The van der Waals surface area contributed by atoms with Crippen molar-refractivity contribution in [2.75, 3.05) is 0 Å². The Morgan fingerprint density at radius 1 is 0.500 bits per heavy atom. The Balaban J connectivity index is 0.000000923. The minimum absolute atomic E-state index is 0. The van der Waals surface area contributed by atoms with Gasteiger partial charge in [0, 0.05) is 5.41 Å². The molecule has 0 aromatic rings. The molecule has 0 radical (unpaired) electrons. The van der Waals surface area contributed by atoms with Crippen molar-refractivity contribution < 1.29 is 187 Å². The fourth-order valence-corrected chi connectivity index (χ4v) is 7.04. The molecular formula is C33H30EuF21O9. The Morgan fingerprint density at radius 2 is 0.719 bits per heavy atom. The fraction of sp³-hybridized carbons (Fsp3) is 0.727. The standard InChI is InChI=1S/3C11H11F7O3.Eu/c3*1-8(7(20)21)3-2-5(6(8)4-19)9(12,13)10(14,15)11(16,17)18;/h3*4-5,19H,2-3H2,1H3,(H,20,21);/q;;;+3/p-3/b6-4+;2*6-4-;. The van der Waals surface area contributed by atoms with Crippen LogP contribution in [0.5, 0.6) is 0 Å². The maximum Gasteiger partial charge on any atom is 3.00 e. The van der Waals surface area contributed by atoms with Gasteiger partial charge in [-0.25, -0.2) is 0 Å². The van der Waals surface area contributed by atoms with Crippen LogP contribution >= 0.6 is 0 Å². The van der Waals surface area contributed by atoms with Gasteiger partial charge in [-0.05, 0) is 57.9 Å². The zero-order chi connectivity index (χ0) is 50.6. The molecule has 0 heterocycles. The maximum atomic E-state index is 13.6. The number of aliphatic carboxylic acids is 3. The average molecular weight is 1120 g/mol. The van der Waals surface area contributed by atoms with E-state index >= 15 is 0 Å². The maximum absolute atomic E-state index is 13.6. The van der Waals surface area contributed by atoms with E-state index in [9.17, 15) is 122 Å². The molecule has 31 heteroatoms. The zero-order valence-electron chi connectivity index (χ0n) is 31.8. The Hall–Kier alpha value is -2.86. The quantitative estimate of drug-likeness (QED) is 0.155. The molecule has 0 saturated heterocycles. The van der Waals surface area contributed by atoms with Gasteiger partial charge in [0.15, 0.2) is 0 Å². The Kier molecular flexibility index (Phi) is 18.2. The Bertz CT molecular complexity index is 1620. The number of aliphatic hydroxyl groups excluding tert-OH is 1. The number of halogens is 21. The van der Waals surface area contributed by atoms with Crippen molar-refractivity contribution in [3.05, 3.63) is 35.5 Å². The number of hydrogen-bond donors (Lipinski definition) is 3. The number of rotatable bonds is 9. The third-order valence-corrected chi connectivity index (χ3v) is 11.3. The molecule has 9 nitrogen and oxygen atoms in total. The third kappa shape index (κ3) is 10.0. The van der Waals surface area contributed by atoms with Gasteiger partial charge in [-0.1, -0.05) is 18.1 Å². The molecule has 6 unspecified atom stereocenters. The van der Waals surface area contributed by atoms with E-state index in [4.69, 9.17) is 15.3 Å². The summed E-state index contributed by atoms with van der Waals surface area (Å²) >= 11 is 0. The van der Waals surface area contributed by atoms with Gasteiger partial charge in [0.2, 0.25) is 0 Å². The van der Waals surface area contributed by atoms with E-state index in [2.05, 4.69) is 0 Å². The second kappa shape index (κ2) is 19.0. The van der Waals surface area contributed by atoms with Crippen LogP contribution in [0, 0.1) is 83.4 Å². The Labute approximate surface area is 385 Å². The molecule has 0 aromatic carbocycles. The van der Waals surface area contributed by atoms with E-state index in [1.54, 1.807) is 0 Å². The van der Waals surface area contributed by atoms with Crippen molar-refractivity contribution in [3.8, 4) is 0 Å². The summed E-state index contributed by atoms with van der Waals surface area (Å²) in [6, 6.07) is 0. The molecule has 3 rings (SSSR count). The van der Waals surface area contributed by atoms with E-state index in [-0.39, 0.29) is 61.9 Å². The van der Waals surface area contributed by atoms with Crippen LogP contribution in [0.1, 0.15) is 59.3 Å². The van der Waals surface area contributed by atoms with Gasteiger partial charge in [-0.3, -0.25) is 9.59 Å². The number of aliphatic hydroxyl groups is 1. The molecule has 0 bridgehead atoms. The summed E-state index contributed by atoms with van der Waals surface area (Å²) < 4.78 is 269. The van der Waals surface area contributed by atoms with Crippen molar-refractivity contribution in [3.63, 3.8) is 0 Å². The molecule has 0 aromatic heterocycles. The monoisotopic (exact) mass is 1120 g/mol. The van der Waals surface area contributed by atoms with Crippen LogP contribution in [0.25, 0.3) is 0 Å². The number of hydrogen-bond acceptors (Lipinski definition) is 7. The first-order valence-electron chi connectivity index (χ1n) is 16.8. The molecule has 0 spiro atoms. The van der Waals surface area contributed by atoms with E-state index in [0.717, 1.165) is 20.8 Å². The smallest absolute Gasteiger partial charge is 0.878 e. The summed E-state index contributed by atoms with van der Waals surface area (Å²) in [4.78, 5) is 32.8. The number of carbonyl (C=O) groups is 3. The third-order valence-electron chi connectivity index (χ3n) is 11.3.